The molecule has 0 unspecified atom stereocenters. The minimum absolute atomic E-state index is 0.176. The Bertz CT molecular complexity index is 717. The second-order valence-electron chi connectivity index (χ2n) is 5.09. The summed E-state index contributed by atoms with van der Waals surface area (Å²) in [6.07, 6.45) is 2.26. The molecule has 116 valence electrons. The summed E-state index contributed by atoms with van der Waals surface area (Å²) in [4.78, 5) is 12.0. The summed E-state index contributed by atoms with van der Waals surface area (Å²) in [6, 6.07) is 4.32. The summed E-state index contributed by atoms with van der Waals surface area (Å²) in [5, 5.41) is 11.8. The molecule has 0 radical (unpaired) electrons. The number of thioether (sulfide) groups is 1. The van der Waals surface area contributed by atoms with E-state index in [1.165, 1.54) is 23.9 Å². The van der Waals surface area contributed by atoms with Crippen LogP contribution < -0.4 is 5.32 Å². The summed E-state index contributed by atoms with van der Waals surface area (Å²) in [6.45, 7) is 1.91. The third-order valence-corrected chi connectivity index (χ3v) is 4.54. The average molecular weight is 341 g/mol. The minimum atomic E-state index is -0.439. The lowest BCUT2D eigenvalue weighted by Crippen LogP contribution is -2.15. The molecule has 8 heteroatoms. The first kappa shape index (κ1) is 15.3. The van der Waals surface area contributed by atoms with Gasteiger partial charge in [-0.2, -0.15) is 0 Å². The number of carbonyl (C=O) groups is 1. The van der Waals surface area contributed by atoms with Gasteiger partial charge in [0, 0.05) is 6.04 Å². The first-order valence-electron chi connectivity index (χ1n) is 6.84. The maximum Gasteiger partial charge on any atom is 0.234 e. The number of nitrogens with zero attached hydrogens (tertiary/aromatic N) is 3. The van der Waals surface area contributed by atoms with Gasteiger partial charge in [0.2, 0.25) is 5.91 Å². The van der Waals surface area contributed by atoms with E-state index in [-0.39, 0.29) is 16.7 Å². The Hall–Kier alpha value is -1.60. The predicted molar refractivity (Wildman–Crippen MR) is 83.8 cm³/mol. The van der Waals surface area contributed by atoms with Crippen molar-refractivity contribution in [3.63, 3.8) is 0 Å². The number of hydrogen-bond acceptors (Lipinski definition) is 4. The Morgan fingerprint density at radius 2 is 2.27 bits per heavy atom. The lowest BCUT2D eigenvalue weighted by molar-refractivity contribution is -0.113. The zero-order valence-electron chi connectivity index (χ0n) is 11.8. The highest BCUT2D eigenvalue weighted by atomic mass is 35.5. The SMILES string of the molecule is Cc1nnc(SCC(=O)Nc2ccc(F)cc2Cl)n1C1CC1. The Kier molecular flexibility index (Phi) is 4.35. The molecule has 1 aliphatic rings. The molecule has 0 bridgehead atoms. The molecule has 0 aliphatic heterocycles. The molecule has 3 rings (SSSR count). The largest absolute Gasteiger partial charge is 0.324 e. The normalized spacial score (nSPS) is 14.1. The quantitative estimate of drug-likeness (QED) is 0.847. The van der Waals surface area contributed by atoms with Gasteiger partial charge in [-0.05, 0) is 38.0 Å². The number of carbonyl (C=O) groups excluding carboxylic acids is 1. The average Bonchev–Trinajstić information content (AvgIpc) is 3.23. The first-order valence-corrected chi connectivity index (χ1v) is 8.20. The van der Waals surface area contributed by atoms with Crippen LogP contribution in [-0.4, -0.2) is 26.4 Å². The van der Waals surface area contributed by atoms with Crippen LogP contribution >= 0.6 is 23.4 Å². The summed E-state index contributed by atoms with van der Waals surface area (Å²) in [5.74, 6) is 0.400. The van der Waals surface area contributed by atoms with Crippen LogP contribution in [0, 0.1) is 12.7 Å². The molecule has 1 aromatic heterocycles. The number of hydrogen-bond donors (Lipinski definition) is 1. The van der Waals surface area contributed by atoms with Gasteiger partial charge in [0.25, 0.3) is 0 Å². The van der Waals surface area contributed by atoms with E-state index >= 15 is 0 Å². The summed E-state index contributed by atoms with van der Waals surface area (Å²) < 4.78 is 15.0. The van der Waals surface area contributed by atoms with Gasteiger partial charge in [-0.3, -0.25) is 4.79 Å². The van der Waals surface area contributed by atoms with Crippen molar-refractivity contribution in [1.29, 1.82) is 0 Å². The number of halogens is 2. The van der Waals surface area contributed by atoms with Crippen LogP contribution in [0.4, 0.5) is 10.1 Å². The standard InChI is InChI=1S/C14H14ClFN4OS/c1-8-18-19-14(20(8)10-3-4-10)22-7-13(21)17-12-5-2-9(16)6-11(12)15/h2,5-6,10H,3-4,7H2,1H3,(H,17,21). The Labute approximate surface area is 136 Å². The van der Waals surface area contributed by atoms with Crippen molar-refractivity contribution in [2.45, 2.75) is 31.0 Å². The van der Waals surface area contributed by atoms with Crippen molar-refractivity contribution in [1.82, 2.24) is 14.8 Å². The smallest absolute Gasteiger partial charge is 0.234 e. The summed E-state index contributed by atoms with van der Waals surface area (Å²) in [5.41, 5.74) is 0.397. The lowest BCUT2D eigenvalue weighted by Gasteiger charge is -2.08. The van der Waals surface area contributed by atoms with Gasteiger partial charge in [-0.15, -0.1) is 10.2 Å². The highest BCUT2D eigenvalue weighted by Crippen LogP contribution is 2.38. The first-order chi connectivity index (χ1) is 10.5. The molecule has 2 aromatic rings. The molecule has 5 nitrogen and oxygen atoms in total. The molecular formula is C14H14ClFN4OS. The van der Waals surface area contributed by atoms with E-state index in [1.54, 1.807) is 0 Å². The van der Waals surface area contributed by atoms with Crippen LogP contribution in [-0.2, 0) is 4.79 Å². The van der Waals surface area contributed by atoms with Crippen LogP contribution in [0.5, 0.6) is 0 Å². The van der Waals surface area contributed by atoms with E-state index in [0.29, 0.717) is 11.7 Å². The Morgan fingerprint density at radius 1 is 1.50 bits per heavy atom. The topological polar surface area (TPSA) is 59.8 Å². The lowest BCUT2D eigenvalue weighted by atomic mass is 10.3. The second kappa shape index (κ2) is 6.26. The van der Waals surface area contributed by atoms with E-state index in [0.717, 1.165) is 29.9 Å². The number of anilines is 1. The Morgan fingerprint density at radius 3 is 2.95 bits per heavy atom. The molecule has 1 aliphatic carbocycles. The van der Waals surface area contributed by atoms with Crippen LogP contribution in [0.1, 0.15) is 24.7 Å². The molecule has 1 amide bonds. The van der Waals surface area contributed by atoms with Crippen LogP contribution in [0.15, 0.2) is 23.4 Å². The van der Waals surface area contributed by atoms with E-state index in [1.807, 2.05) is 6.92 Å². The van der Waals surface area contributed by atoms with Crippen LogP contribution in [0.3, 0.4) is 0 Å². The highest BCUT2D eigenvalue weighted by molar-refractivity contribution is 7.99. The van der Waals surface area contributed by atoms with Crippen molar-refractivity contribution in [2.75, 3.05) is 11.1 Å². The van der Waals surface area contributed by atoms with Gasteiger partial charge < -0.3 is 9.88 Å². The van der Waals surface area contributed by atoms with E-state index < -0.39 is 5.82 Å². The van der Waals surface area contributed by atoms with Gasteiger partial charge in [-0.1, -0.05) is 23.4 Å². The molecular weight excluding hydrogens is 327 g/mol. The van der Waals surface area contributed by atoms with Gasteiger partial charge in [0.1, 0.15) is 11.6 Å². The molecule has 1 N–H and O–H groups in total. The van der Waals surface area contributed by atoms with Crippen molar-refractivity contribution in [3.05, 3.63) is 34.9 Å². The monoisotopic (exact) mass is 340 g/mol. The number of nitrogens with one attached hydrogen (secondary N) is 1. The predicted octanol–water partition coefficient (Wildman–Crippen LogP) is 3.44. The fraction of sp³-hybridized carbons (Fsp3) is 0.357. The summed E-state index contributed by atoms with van der Waals surface area (Å²) >= 11 is 7.21. The van der Waals surface area contributed by atoms with Crippen molar-refractivity contribution >= 4 is 35.0 Å². The molecule has 1 fully saturated rings. The zero-order chi connectivity index (χ0) is 15.7. The molecule has 0 atom stereocenters. The fourth-order valence-corrected chi connectivity index (χ4v) is 3.17. The number of benzene rings is 1. The molecule has 1 heterocycles. The number of aryl methyl sites for hydroxylation is 1. The van der Waals surface area contributed by atoms with Crippen molar-refractivity contribution in [2.24, 2.45) is 0 Å². The van der Waals surface area contributed by atoms with E-state index in [9.17, 15) is 9.18 Å². The minimum Gasteiger partial charge on any atom is -0.324 e. The van der Waals surface area contributed by atoms with Gasteiger partial charge in [0.05, 0.1) is 16.5 Å². The summed E-state index contributed by atoms with van der Waals surface area (Å²) in [7, 11) is 0. The van der Waals surface area contributed by atoms with Crippen LogP contribution in [0.2, 0.25) is 5.02 Å². The van der Waals surface area contributed by atoms with Crippen LogP contribution in [0.25, 0.3) is 0 Å². The molecule has 0 spiro atoms. The van der Waals surface area contributed by atoms with Gasteiger partial charge >= 0.3 is 0 Å². The molecule has 0 saturated heterocycles. The maximum atomic E-state index is 13.0. The fourth-order valence-electron chi connectivity index (χ4n) is 2.11. The second-order valence-corrected chi connectivity index (χ2v) is 6.44. The number of amides is 1. The third kappa shape index (κ3) is 3.41. The molecule has 22 heavy (non-hydrogen) atoms. The van der Waals surface area contributed by atoms with Crippen molar-refractivity contribution in [3.8, 4) is 0 Å². The van der Waals surface area contributed by atoms with Gasteiger partial charge in [0.15, 0.2) is 5.16 Å². The van der Waals surface area contributed by atoms with E-state index in [4.69, 9.17) is 11.6 Å². The highest BCUT2D eigenvalue weighted by Gasteiger charge is 2.28. The van der Waals surface area contributed by atoms with E-state index in [2.05, 4.69) is 20.1 Å². The number of aromatic nitrogens is 3. The Balaban J connectivity index is 1.61. The third-order valence-electron chi connectivity index (χ3n) is 3.28. The number of rotatable bonds is 5. The maximum absolute atomic E-state index is 13.0. The molecule has 1 saturated carbocycles. The van der Waals surface area contributed by atoms with Gasteiger partial charge in [-0.25, -0.2) is 4.39 Å². The van der Waals surface area contributed by atoms with Crippen molar-refractivity contribution < 1.29 is 9.18 Å². The zero-order valence-corrected chi connectivity index (χ0v) is 13.4. The molecule has 1 aromatic carbocycles.